The van der Waals surface area contributed by atoms with Crippen molar-refractivity contribution in [1.29, 1.82) is 0 Å². The van der Waals surface area contributed by atoms with Crippen LogP contribution in [0.15, 0.2) is 0 Å². The Morgan fingerprint density at radius 1 is 1.23 bits per heavy atom. The van der Waals surface area contributed by atoms with Crippen LogP contribution < -0.4 is 0 Å². The molecule has 0 aliphatic rings. The predicted molar refractivity (Wildman–Crippen MR) is 68.3 cm³/mol. The molecule has 0 saturated carbocycles. The number of thiocarbonyl (C=S) groups is 1. The summed E-state index contributed by atoms with van der Waals surface area (Å²) in [6.07, 6.45) is 2.08. The van der Waals surface area contributed by atoms with E-state index in [1.807, 2.05) is 40.0 Å². The lowest BCUT2D eigenvalue weighted by molar-refractivity contribution is -0.461. The molecule has 0 aliphatic heterocycles. The Bertz CT molecular complexity index is 182. The van der Waals surface area contributed by atoms with Gasteiger partial charge in [-0.1, -0.05) is 24.0 Å². The van der Waals surface area contributed by atoms with Crippen molar-refractivity contribution in [3.05, 3.63) is 0 Å². The van der Waals surface area contributed by atoms with E-state index in [1.165, 1.54) is 5.04 Å². The molecule has 0 heterocycles. The van der Waals surface area contributed by atoms with Crippen LogP contribution in [0.25, 0.3) is 0 Å². The maximum atomic E-state index is 4.75. The highest BCUT2D eigenvalue weighted by Crippen LogP contribution is 1.92. The van der Waals surface area contributed by atoms with E-state index < -0.39 is 0 Å². The molecule has 78 valence electrons. The van der Waals surface area contributed by atoms with Gasteiger partial charge in [-0.2, -0.15) is 0 Å². The van der Waals surface area contributed by atoms with Gasteiger partial charge in [-0.3, -0.25) is 0 Å². The van der Waals surface area contributed by atoms with Gasteiger partial charge < -0.3 is 4.90 Å². The fourth-order valence-corrected chi connectivity index (χ4v) is 0.548. The van der Waals surface area contributed by atoms with Gasteiger partial charge in [0.25, 0.3) is 0 Å². The fraction of sp³-hybridized carbons (Fsp3) is 0.778. The van der Waals surface area contributed by atoms with Crippen LogP contribution in [0.1, 0.15) is 13.8 Å². The smallest absolute Gasteiger partial charge is 0.206 e. The zero-order chi connectivity index (χ0) is 11.0. The Hall–Kier alpha value is -0.0900. The highest BCUT2D eigenvalue weighted by molar-refractivity contribution is 8.13. The minimum atomic E-state index is 0.926. The molecular weight excluding hydrogens is 200 g/mol. The van der Waals surface area contributed by atoms with E-state index in [0.717, 1.165) is 4.99 Å². The molecule has 0 unspecified atom stereocenters. The van der Waals surface area contributed by atoms with Crippen molar-refractivity contribution in [3.8, 4) is 0 Å². The average Bonchev–Trinajstić information content (AvgIpc) is 2.03. The first-order valence-electron chi connectivity index (χ1n) is 4.05. The summed E-state index contributed by atoms with van der Waals surface area (Å²) < 4.78 is 2.10. The van der Waals surface area contributed by atoms with Gasteiger partial charge in [-0.25, -0.2) is 4.58 Å². The molecule has 0 atom stereocenters. The van der Waals surface area contributed by atoms with Crippen molar-refractivity contribution < 1.29 is 4.58 Å². The second kappa shape index (κ2) is 8.51. The van der Waals surface area contributed by atoms with Crippen LogP contribution in [-0.4, -0.2) is 54.0 Å². The van der Waals surface area contributed by atoms with Crippen molar-refractivity contribution in [3.63, 3.8) is 0 Å². The number of hydrogen-bond acceptors (Lipinski definition) is 2. The van der Waals surface area contributed by atoms with E-state index in [-0.39, 0.29) is 0 Å². The van der Waals surface area contributed by atoms with Crippen LogP contribution in [0.2, 0.25) is 0 Å². The molecule has 4 heteroatoms. The molecule has 0 amide bonds. The van der Waals surface area contributed by atoms with Gasteiger partial charge in [0.2, 0.25) is 5.04 Å². The van der Waals surface area contributed by atoms with Crippen LogP contribution in [0.5, 0.6) is 0 Å². The summed E-state index contributed by atoms with van der Waals surface area (Å²) in [5.74, 6) is 0. The summed E-state index contributed by atoms with van der Waals surface area (Å²) in [7, 11) is 7.96. The fourth-order valence-electron chi connectivity index (χ4n) is 0.183. The molecule has 0 saturated heterocycles. The van der Waals surface area contributed by atoms with Crippen LogP contribution >= 0.6 is 24.0 Å². The number of rotatable bonds is 0. The minimum absolute atomic E-state index is 0.926. The molecule has 0 fully saturated rings. The first-order valence-corrected chi connectivity index (χ1v) is 5.69. The third kappa shape index (κ3) is 11.9. The van der Waals surface area contributed by atoms with Gasteiger partial charge in [0.1, 0.15) is 14.1 Å². The maximum Gasteiger partial charge on any atom is 0.206 e. The van der Waals surface area contributed by atoms with Gasteiger partial charge in [0, 0.05) is 21.0 Å². The lowest BCUT2D eigenvalue weighted by atomic mass is 10.7. The molecule has 0 radical (unpaired) electrons. The van der Waals surface area contributed by atoms with Crippen molar-refractivity contribution in [2.24, 2.45) is 0 Å². The summed E-state index contributed by atoms with van der Waals surface area (Å²) in [5, 5.41) is 1.35. The molecule has 0 aliphatic carbocycles. The van der Waals surface area contributed by atoms with E-state index >= 15 is 0 Å². The normalized spacial score (nSPS) is 8.23. The Kier molecular flexibility index (Phi) is 10.1. The standard InChI is InChI=1S/C5H12NS.C4H9NS/c1-5(7-4)6(2)3;1-4(6)5(2)3/h1-4H3;1-3H3/q+1;. The second-order valence-corrected chi connectivity index (χ2v) is 4.62. The first-order chi connectivity index (χ1) is 5.82. The molecular formula is C9H21N2S2+. The van der Waals surface area contributed by atoms with Gasteiger partial charge in [0.15, 0.2) is 0 Å². The molecule has 0 rings (SSSR count). The largest absolute Gasteiger partial charge is 0.373 e. The third-order valence-corrected chi connectivity index (χ3v) is 2.88. The highest BCUT2D eigenvalue weighted by Gasteiger charge is 1.92. The molecule has 13 heavy (non-hydrogen) atoms. The molecule has 0 aromatic heterocycles. The van der Waals surface area contributed by atoms with Gasteiger partial charge >= 0.3 is 0 Å². The number of hydrogen-bond donors (Lipinski definition) is 0. The number of thioether (sulfide) groups is 1. The van der Waals surface area contributed by atoms with E-state index in [9.17, 15) is 0 Å². The second-order valence-electron chi connectivity index (χ2n) is 3.03. The predicted octanol–water partition coefficient (Wildman–Crippen LogP) is 1.94. The Morgan fingerprint density at radius 3 is 1.54 bits per heavy atom. The number of nitrogens with zero attached hydrogens (tertiary/aromatic N) is 2. The molecule has 0 N–H and O–H groups in total. The maximum absolute atomic E-state index is 4.75. The lowest BCUT2D eigenvalue weighted by Crippen LogP contribution is -2.15. The summed E-state index contributed by atoms with van der Waals surface area (Å²) in [6, 6.07) is 0. The summed E-state index contributed by atoms with van der Waals surface area (Å²) in [5.41, 5.74) is 0. The summed E-state index contributed by atoms with van der Waals surface area (Å²) >= 11 is 6.52. The molecule has 0 spiro atoms. The van der Waals surface area contributed by atoms with E-state index in [2.05, 4.69) is 17.8 Å². The first kappa shape index (κ1) is 15.4. The van der Waals surface area contributed by atoms with E-state index in [1.54, 1.807) is 11.8 Å². The van der Waals surface area contributed by atoms with Crippen LogP contribution in [0.3, 0.4) is 0 Å². The van der Waals surface area contributed by atoms with Crippen LogP contribution in [0, 0.1) is 0 Å². The van der Waals surface area contributed by atoms with Gasteiger partial charge in [-0.05, 0) is 13.2 Å². The van der Waals surface area contributed by atoms with E-state index in [0.29, 0.717) is 0 Å². The average molecular weight is 221 g/mol. The quantitative estimate of drug-likeness (QED) is 0.267. The van der Waals surface area contributed by atoms with Gasteiger partial charge in [0.05, 0.1) is 4.99 Å². The molecule has 0 bridgehead atoms. The van der Waals surface area contributed by atoms with Crippen molar-refractivity contribution >= 4 is 34.0 Å². The van der Waals surface area contributed by atoms with E-state index in [4.69, 9.17) is 12.2 Å². The third-order valence-electron chi connectivity index (χ3n) is 1.55. The zero-order valence-corrected chi connectivity index (χ0v) is 11.3. The highest BCUT2D eigenvalue weighted by atomic mass is 32.2. The molecule has 0 aromatic carbocycles. The Labute approximate surface area is 92.0 Å². The SMILES string of the molecule is CC(=S)N(C)C.CSC(C)=[N+](C)C. The van der Waals surface area contributed by atoms with Crippen LogP contribution in [-0.2, 0) is 0 Å². The van der Waals surface area contributed by atoms with Gasteiger partial charge in [-0.15, -0.1) is 0 Å². The summed E-state index contributed by atoms with van der Waals surface area (Å²) in [4.78, 5) is 2.82. The zero-order valence-electron chi connectivity index (χ0n) is 9.71. The molecule has 2 nitrogen and oxygen atoms in total. The lowest BCUT2D eigenvalue weighted by Gasteiger charge is -2.06. The Balaban J connectivity index is 0. The topological polar surface area (TPSA) is 6.25 Å². The monoisotopic (exact) mass is 221 g/mol. The molecule has 0 aromatic rings. The van der Waals surface area contributed by atoms with Crippen LogP contribution in [0.4, 0.5) is 0 Å². The van der Waals surface area contributed by atoms with Crippen molar-refractivity contribution in [1.82, 2.24) is 4.90 Å². The minimum Gasteiger partial charge on any atom is -0.373 e. The summed E-state index contributed by atoms with van der Waals surface area (Å²) in [6.45, 7) is 4.00. The van der Waals surface area contributed by atoms with Crippen molar-refractivity contribution in [2.45, 2.75) is 13.8 Å². The van der Waals surface area contributed by atoms with Crippen molar-refractivity contribution in [2.75, 3.05) is 34.4 Å². The Morgan fingerprint density at radius 2 is 1.54 bits per heavy atom.